The van der Waals surface area contributed by atoms with Crippen molar-refractivity contribution in [3.63, 3.8) is 0 Å². The first-order valence-electron chi connectivity index (χ1n) is 9.54. The molecule has 2 aromatic rings. The molecule has 4 rings (SSSR count). The van der Waals surface area contributed by atoms with Crippen LogP contribution in [0.4, 0.5) is 5.82 Å². The lowest BCUT2D eigenvalue weighted by molar-refractivity contribution is -0.121. The number of hydrogen-bond acceptors (Lipinski definition) is 4. The van der Waals surface area contributed by atoms with Crippen LogP contribution in [-0.4, -0.2) is 41.6 Å². The predicted octanol–water partition coefficient (Wildman–Crippen LogP) is 3.07. The quantitative estimate of drug-likeness (QED) is 0.745. The van der Waals surface area contributed by atoms with Crippen LogP contribution >= 0.6 is 11.6 Å². The van der Waals surface area contributed by atoms with Crippen LogP contribution < -0.4 is 10.2 Å². The highest BCUT2D eigenvalue weighted by molar-refractivity contribution is 6.18. The number of aromatic nitrogens is 2. The topological polar surface area (TPSA) is 58.1 Å². The van der Waals surface area contributed by atoms with E-state index >= 15 is 0 Å². The molecular weight excluding hydrogens is 360 g/mol. The second-order valence-electron chi connectivity index (χ2n) is 7.99. The van der Waals surface area contributed by atoms with E-state index < -0.39 is 0 Å². The summed E-state index contributed by atoms with van der Waals surface area (Å²) in [5.41, 5.74) is 3.26. The number of hydrogen-bond donors (Lipinski definition) is 1. The van der Waals surface area contributed by atoms with Crippen molar-refractivity contribution in [3.8, 4) is 0 Å². The van der Waals surface area contributed by atoms with Crippen LogP contribution in [0.5, 0.6) is 0 Å². The minimum absolute atomic E-state index is 0.0484. The van der Waals surface area contributed by atoms with E-state index in [0.717, 1.165) is 36.1 Å². The molecule has 0 atom stereocenters. The maximum Gasteiger partial charge on any atom is 0.224 e. The van der Waals surface area contributed by atoms with Gasteiger partial charge in [0.1, 0.15) is 0 Å². The molecule has 2 fully saturated rings. The van der Waals surface area contributed by atoms with Crippen molar-refractivity contribution in [2.24, 2.45) is 5.41 Å². The molecule has 2 heterocycles. The Kier molecular flexibility index (Phi) is 5.04. The standard InChI is InChI=1S/C21H25ClN4O/c1-15-2-9-19(25-24-15)26-13-21(11-22,14-26)12-23-20(27)10-16-3-5-17(6-4-16)18-7-8-18/h2-6,9,18H,7-8,10-14H2,1H3,(H,23,27). The molecule has 1 aromatic heterocycles. The first kappa shape index (κ1) is 18.2. The molecule has 2 aliphatic rings. The van der Waals surface area contributed by atoms with Gasteiger partial charge in [0.25, 0.3) is 0 Å². The van der Waals surface area contributed by atoms with Crippen LogP contribution in [0.1, 0.15) is 35.6 Å². The number of carbonyl (C=O) groups excluding carboxylic acids is 1. The predicted molar refractivity (Wildman–Crippen MR) is 107 cm³/mol. The normalized spacial score (nSPS) is 18.1. The Labute approximate surface area is 165 Å². The molecule has 0 unspecified atom stereocenters. The van der Waals surface area contributed by atoms with E-state index in [-0.39, 0.29) is 11.3 Å². The Balaban J connectivity index is 1.26. The molecule has 0 radical (unpaired) electrons. The number of nitrogens with zero attached hydrogens (tertiary/aromatic N) is 3. The second kappa shape index (κ2) is 7.47. The average Bonchev–Trinajstić information content (AvgIpc) is 3.48. The van der Waals surface area contributed by atoms with Crippen LogP contribution in [-0.2, 0) is 11.2 Å². The summed E-state index contributed by atoms with van der Waals surface area (Å²) in [6.07, 6.45) is 3.01. The molecule has 1 saturated heterocycles. The number of nitrogens with one attached hydrogen (secondary N) is 1. The van der Waals surface area contributed by atoms with Gasteiger partial charge < -0.3 is 10.2 Å². The van der Waals surface area contributed by atoms with Crippen LogP contribution in [0.15, 0.2) is 36.4 Å². The summed E-state index contributed by atoms with van der Waals surface area (Å²) >= 11 is 6.22. The highest BCUT2D eigenvalue weighted by atomic mass is 35.5. The lowest BCUT2D eigenvalue weighted by Crippen LogP contribution is -2.62. The van der Waals surface area contributed by atoms with Crippen molar-refractivity contribution in [2.75, 3.05) is 30.4 Å². The molecule has 0 bridgehead atoms. The maximum atomic E-state index is 12.3. The minimum Gasteiger partial charge on any atom is -0.355 e. The molecule has 1 N–H and O–H groups in total. The molecular formula is C21H25ClN4O. The van der Waals surface area contributed by atoms with Gasteiger partial charge in [-0.3, -0.25) is 4.79 Å². The third-order valence-electron chi connectivity index (χ3n) is 5.50. The van der Waals surface area contributed by atoms with Crippen molar-refractivity contribution < 1.29 is 4.79 Å². The zero-order chi connectivity index (χ0) is 18.9. The Bertz CT molecular complexity index is 796. The number of amides is 1. The third kappa shape index (κ3) is 4.24. The van der Waals surface area contributed by atoms with Gasteiger partial charge in [0.15, 0.2) is 5.82 Å². The summed E-state index contributed by atoms with van der Waals surface area (Å²) in [6.45, 7) is 4.07. The van der Waals surface area contributed by atoms with E-state index in [0.29, 0.717) is 18.8 Å². The van der Waals surface area contributed by atoms with Gasteiger partial charge in [-0.15, -0.1) is 16.7 Å². The van der Waals surface area contributed by atoms with Crippen LogP contribution in [0, 0.1) is 12.3 Å². The highest BCUT2D eigenvalue weighted by Crippen LogP contribution is 2.40. The van der Waals surface area contributed by atoms with E-state index in [2.05, 4.69) is 44.7 Å². The maximum absolute atomic E-state index is 12.3. The Morgan fingerprint density at radius 1 is 1.19 bits per heavy atom. The molecule has 1 aliphatic carbocycles. The van der Waals surface area contributed by atoms with Gasteiger partial charge in [0, 0.05) is 30.9 Å². The molecule has 27 heavy (non-hydrogen) atoms. The number of rotatable bonds is 7. The van der Waals surface area contributed by atoms with E-state index in [1.165, 1.54) is 18.4 Å². The fourth-order valence-corrected chi connectivity index (χ4v) is 3.85. The largest absolute Gasteiger partial charge is 0.355 e. The summed E-state index contributed by atoms with van der Waals surface area (Å²) in [5.74, 6) is 2.17. The highest BCUT2D eigenvalue weighted by Gasteiger charge is 2.43. The van der Waals surface area contributed by atoms with Gasteiger partial charge in [-0.05, 0) is 48.9 Å². The van der Waals surface area contributed by atoms with E-state index in [1.807, 2.05) is 19.1 Å². The van der Waals surface area contributed by atoms with Crippen molar-refractivity contribution in [1.29, 1.82) is 0 Å². The lowest BCUT2D eigenvalue weighted by Gasteiger charge is -2.49. The Hall–Kier alpha value is -2.14. The molecule has 5 nitrogen and oxygen atoms in total. The van der Waals surface area contributed by atoms with E-state index in [1.54, 1.807) is 0 Å². The smallest absolute Gasteiger partial charge is 0.224 e. The molecule has 1 saturated carbocycles. The lowest BCUT2D eigenvalue weighted by atomic mass is 9.81. The van der Waals surface area contributed by atoms with Gasteiger partial charge in [-0.2, -0.15) is 5.10 Å². The Morgan fingerprint density at radius 2 is 1.93 bits per heavy atom. The van der Waals surface area contributed by atoms with Crippen LogP contribution in [0.25, 0.3) is 0 Å². The van der Waals surface area contributed by atoms with Crippen molar-refractivity contribution in [1.82, 2.24) is 15.5 Å². The number of halogens is 1. The zero-order valence-corrected chi connectivity index (χ0v) is 16.4. The van der Waals surface area contributed by atoms with E-state index in [9.17, 15) is 4.79 Å². The number of anilines is 1. The first-order chi connectivity index (χ1) is 13.1. The SMILES string of the molecule is Cc1ccc(N2CC(CCl)(CNC(=O)Cc3ccc(C4CC4)cc3)C2)nn1. The van der Waals surface area contributed by atoms with Crippen molar-refractivity contribution in [3.05, 3.63) is 53.2 Å². The van der Waals surface area contributed by atoms with Gasteiger partial charge >= 0.3 is 0 Å². The molecule has 1 aromatic carbocycles. The molecule has 142 valence electrons. The summed E-state index contributed by atoms with van der Waals surface area (Å²) < 4.78 is 0. The van der Waals surface area contributed by atoms with Crippen LogP contribution in [0.3, 0.4) is 0 Å². The number of alkyl halides is 1. The molecule has 0 spiro atoms. The fraction of sp³-hybridized carbons (Fsp3) is 0.476. The van der Waals surface area contributed by atoms with Gasteiger partial charge in [-0.25, -0.2) is 0 Å². The molecule has 1 amide bonds. The fourth-order valence-electron chi connectivity index (χ4n) is 3.59. The van der Waals surface area contributed by atoms with Gasteiger partial charge in [0.2, 0.25) is 5.91 Å². The number of aryl methyl sites for hydroxylation is 1. The summed E-state index contributed by atoms with van der Waals surface area (Å²) in [6, 6.07) is 12.4. The minimum atomic E-state index is -0.0976. The van der Waals surface area contributed by atoms with Crippen molar-refractivity contribution in [2.45, 2.75) is 32.1 Å². The zero-order valence-electron chi connectivity index (χ0n) is 15.6. The average molecular weight is 385 g/mol. The number of carbonyl (C=O) groups is 1. The summed E-state index contributed by atoms with van der Waals surface area (Å²) in [7, 11) is 0. The molecule has 6 heteroatoms. The third-order valence-corrected chi connectivity index (χ3v) is 6.06. The van der Waals surface area contributed by atoms with Gasteiger partial charge in [0.05, 0.1) is 12.1 Å². The summed E-state index contributed by atoms with van der Waals surface area (Å²) in [5, 5.41) is 11.4. The van der Waals surface area contributed by atoms with E-state index in [4.69, 9.17) is 11.6 Å². The van der Waals surface area contributed by atoms with Crippen LogP contribution in [0.2, 0.25) is 0 Å². The summed E-state index contributed by atoms with van der Waals surface area (Å²) in [4.78, 5) is 14.5. The van der Waals surface area contributed by atoms with Gasteiger partial charge in [-0.1, -0.05) is 24.3 Å². The first-order valence-corrected chi connectivity index (χ1v) is 10.1. The van der Waals surface area contributed by atoms with Crippen molar-refractivity contribution >= 4 is 23.3 Å². The molecule has 1 aliphatic heterocycles. The number of benzene rings is 1. The monoisotopic (exact) mass is 384 g/mol. The second-order valence-corrected chi connectivity index (χ2v) is 8.26. The Morgan fingerprint density at radius 3 is 2.52 bits per heavy atom.